The highest BCUT2D eigenvalue weighted by Crippen LogP contribution is 2.28. The average Bonchev–Trinajstić information content (AvgIpc) is 3.41. The van der Waals surface area contributed by atoms with Crippen molar-refractivity contribution in [3.8, 4) is 9.88 Å². The molecule has 0 unspecified atom stereocenters. The second kappa shape index (κ2) is 8.12. The second-order valence-corrected chi connectivity index (χ2v) is 8.42. The van der Waals surface area contributed by atoms with Crippen molar-refractivity contribution in [1.82, 2.24) is 15.2 Å². The van der Waals surface area contributed by atoms with Crippen LogP contribution in [0.15, 0.2) is 48.0 Å². The molecule has 2 aromatic heterocycles. The van der Waals surface area contributed by atoms with Gasteiger partial charge in [-0.3, -0.25) is 9.69 Å². The van der Waals surface area contributed by atoms with Crippen LogP contribution in [0.2, 0.25) is 0 Å². The van der Waals surface area contributed by atoms with Gasteiger partial charge in [0, 0.05) is 13.1 Å². The predicted molar refractivity (Wildman–Crippen MR) is 108 cm³/mol. The van der Waals surface area contributed by atoms with Crippen LogP contribution in [-0.4, -0.2) is 28.9 Å². The van der Waals surface area contributed by atoms with E-state index in [-0.39, 0.29) is 5.91 Å². The fraction of sp³-hybridized carbons (Fsp3) is 0.300. The number of hydrogen-bond donors (Lipinski definition) is 1. The van der Waals surface area contributed by atoms with Crippen LogP contribution >= 0.6 is 22.7 Å². The van der Waals surface area contributed by atoms with Crippen molar-refractivity contribution in [3.63, 3.8) is 0 Å². The zero-order chi connectivity index (χ0) is 17.8. The van der Waals surface area contributed by atoms with Crippen molar-refractivity contribution >= 4 is 28.6 Å². The molecule has 3 heterocycles. The molecule has 0 bridgehead atoms. The molecule has 0 radical (unpaired) electrons. The van der Waals surface area contributed by atoms with Gasteiger partial charge in [0.25, 0.3) is 5.91 Å². The molecule has 134 valence electrons. The first-order chi connectivity index (χ1) is 12.8. The van der Waals surface area contributed by atoms with E-state index in [1.54, 1.807) is 17.5 Å². The maximum Gasteiger partial charge on any atom is 0.263 e. The van der Waals surface area contributed by atoms with Gasteiger partial charge in [0.15, 0.2) is 0 Å². The van der Waals surface area contributed by atoms with Gasteiger partial charge in [-0.15, -0.1) is 22.7 Å². The quantitative estimate of drug-likeness (QED) is 0.686. The van der Waals surface area contributed by atoms with Gasteiger partial charge in [-0.05, 0) is 48.5 Å². The molecular formula is C20H21N3OS2. The minimum Gasteiger partial charge on any atom is -0.347 e. The van der Waals surface area contributed by atoms with E-state index < -0.39 is 0 Å². The van der Waals surface area contributed by atoms with Crippen LogP contribution in [0.1, 0.15) is 33.6 Å². The molecule has 4 nitrogen and oxygen atoms in total. The molecule has 4 rings (SSSR count). The first-order valence-electron chi connectivity index (χ1n) is 8.86. The van der Waals surface area contributed by atoms with Crippen LogP contribution in [0.4, 0.5) is 0 Å². The Morgan fingerprint density at radius 1 is 1.12 bits per heavy atom. The Morgan fingerprint density at radius 3 is 2.69 bits per heavy atom. The van der Waals surface area contributed by atoms with E-state index in [0.717, 1.165) is 16.4 Å². The summed E-state index contributed by atoms with van der Waals surface area (Å²) in [5.74, 6) is -0.0544. The molecule has 6 heteroatoms. The molecule has 0 aliphatic carbocycles. The smallest absolute Gasteiger partial charge is 0.263 e. The number of nitrogens with one attached hydrogen (secondary N) is 1. The first kappa shape index (κ1) is 17.4. The zero-order valence-electron chi connectivity index (χ0n) is 14.5. The lowest BCUT2D eigenvalue weighted by molar-refractivity contribution is 0.0954. The van der Waals surface area contributed by atoms with E-state index >= 15 is 0 Å². The Labute approximate surface area is 161 Å². The summed E-state index contributed by atoms with van der Waals surface area (Å²) in [5, 5.41) is 5.98. The van der Waals surface area contributed by atoms with E-state index in [1.807, 2.05) is 23.6 Å². The molecule has 1 amide bonds. The lowest BCUT2D eigenvalue weighted by atomic mass is 10.1. The number of thiazole rings is 1. The largest absolute Gasteiger partial charge is 0.347 e. The van der Waals surface area contributed by atoms with E-state index in [9.17, 15) is 4.79 Å². The number of likely N-dealkylation sites (tertiary alicyclic amines) is 1. The van der Waals surface area contributed by atoms with Crippen LogP contribution in [0.3, 0.4) is 0 Å². The summed E-state index contributed by atoms with van der Waals surface area (Å²) in [4.78, 5) is 21.1. The summed E-state index contributed by atoms with van der Waals surface area (Å²) in [6.07, 6.45) is 4.25. The molecule has 1 N–H and O–H groups in total. The van der Waals surface area contributed by atoms with Crippen molar-refractivity contribution in [3.05, 3.63) is 64.0 Å². The van der Waals surface area contributed by atoms with Crippen LogP contribution in [-0.2, 0) is 13.1 Å². The lowest BCUT2D eigenvalue weighted by Crippen LogP contribution is -2.24. The third kappa shape index (κ3) is 4.03. The molecular weight excluding hydrogens is 362 g/mol. The number of rotatable bonds is 6. The number of carbonyl (C=O) groups excluding carboxylic acids is 1. The summed E-state index contributed by atoms with van der Waals surface area (Å²) in [6.45, 7) is 3.87. The van der Waals surface area contributed by atoms with Gasteiger partial charge in [-0.1, -0.05) is 30.3 Å². The van der Waals surface area contributed by atoms with Gasteiger partial charge >= 0.3 is 0 Å². The number of aromatic nitrogens is 1. The van der Waals surface area contributed by atoms with Crippen molar-refractivity contribution in [1.29, 1.82) is 0 Å². The molecule has 0 atom stereocenters. The first-order valence-corrected chi connectivity index (χ1v) is 10.6. The summed E-state index contributed by atoms with van der Waals surface area (Å²) in [7, 11) is 0. The number of thiophene rings is 1. The summed E-state index contributed by atoms with van der Waals surface area (Å²) in [5.41, 5.74) is 2.49. The monoisotopic (exact) mass is 383 g/mol. The highest BCUT2D eigenvalue weighted by molar-refractivity contribution is 7.21. The number of nitrogens with zero attached hydrogens (tertiary/aromatic N) is 2. The third-order valence-electron chi connectivity index (χ3n) is 4.61. The molecule has 1 saturated heterocycles. The second-order valence-electron chi connectivity index (χ2n) is 6.44. The molecule has 1 aliphatic rings. The highest BCUT2D eigenvalue weighted by atomic mass is 32.1. The van der Waals surface area contributed by atoms with Crippen molar-refractivity contribution < 1.29 is 4.79 Å². The Hall–Kier alpha value is -2.02. The minimum atomic E-state index is -0.0544. The number of carbonyl (C=O) groups is 1. The summed E-state index contributed by atoms with van der Waals surface area (Å²) in [6, 6.07) is 12.4. The van der Waals surface area contributed by atoms with Gasteiger partial charge in [0.05, 0.1) is 11.1 Å². The molecule has 1 aliphatic heterocycles. The molecule has 0 spiro atoms. The van der Waals surface area contributed by atoms with Gasteiger partial charge < -0.3 is 5.32 Å². The summed E-state index contributed by atoms with van der Waals surface area (Å²) >= 11 is 3.08. The normalized spacial score (nSPS) is 14.6. The van der Waals surface area contributed by atoms with Crippen molar-refractivity contribution in [2.75, 3.05) is 13.1 Å². The van der Waals surface area contributed by atoms with Gasteiger partial charge in [0.1, 0.15) is 9.88 Å². The minimum absolute atomic E-state index is 0.0544. The summed E-state index contributed by atoms with van der Waals surface area (Å²) < 4.78 is 0. The van der Waals surface area contributed by atoms with Crippen molar-refractivity contribution in [2.45, 2.75) is 25.9 Å². The molecule has 26 heavy (non-hydrogen) atoms. The Kier molecular flexibility index (Phi) is 5.43. The van der Waals surface area contributed by atoms with E-state index in [2.05, 4.69) is 33.4 Å². The topological polar surface area (TPSA) is 45.2 Å². The SMILES string of the molecule is O=C(NCc1ccccc1CN1CCCC1)c1cnc(-c2cccs2)s1. The predicted octanol–water partition coefficient (Wildman–Crippen LogP) is 4.40. The van der Waals surface area contributed by atoms with Crippen LogP contribution < -0.4 is 5.32 Å². The zero-order valence-corrected chi connectivity index (χ0v) is 16.1. The van der Waals surface area contributed by atoms with Crippen LogP contribution in [0.5, 0.6) is 0 Å². The number of amides is 1. The Morgan fingerprint density at radius 2 is 1.92 bits per heavy atom. The fourth-order valence-electron chi connectivity index (χ4n) is 3.22. The highest BCUT2D eigenvalue weighted by Gasteiger charge is 2.15. The molecule has 1 fully saturated rings. The van der Waals surface area contributed by atoms with Gasteiger partial charge in [0.2, 0.25) is 0 Å². The Balaban J connectivity index is 1.40. The Bertz CT molecular complexity index is 867. The van der Waals surface area contributed by atoms with Crippen LogP contribution in [0.25, 0.3) is 9.88 Å². The average molecular weight is 384 g/mol. The van der Waals surface area contributed by atoms with E-state index in [0.29, 0.717) is 11.4 Å². The maximum atomic E-state index is 12.5. The number of benzene rings is 1. The molecule has 1 aromatic carbocycles. The van der Waals surface area contributed by atoms with Gasteiger partial charge in [-0.2, -0.15) is 0 Å². The van der Waals surface area contributed by atoms with Gasteiger partial charge in [-0.25, -0.2) is 4.98 Å². The van der Waals surface area contributed by atoms with E-state index in [1.165, 1.54) is 48.4 Å². The number of hydrogen-bond acceptors (Lipinski definition) is 5. The van der Waals surface area contributed by atoms with Crippen LogP contribution in [0, 0.1) is 0 Å². The third-order valence-corrected chi connectivity index (χ3v) is 6.65. The molecule has 0 saturated carbocycles. The molecule has 3 aromatic rings. The lowest BCUT2D eigenvalue weighted by Gasteiger charge is -2.17. The standard InChI is InChI=1S/C20H21N3OS2/c24-19(18-13-22-20(26-18)17-8-5-11-25-17)21-12-15-6-1-2-7-16(15)14-23-9-3-4-10-23/h1-2,5-8,11,13H,3-4,9-10,12,14H2,(H,21,24). The van der Waals surface area contributed by atoms with Crippen molar-refractivity contribution in [2.24, 2.45) is 0 Å². The van der Waals surface area contributed by atoms with E-state index in [4.69, 9.17) is 0 Å². The fourth-order valence-corrected chi connectivity index (χ4v) is 4.86. The maximum absolute atomic E-state index is 12.5.